The van der Waals surface area contributed by atoms with E-state index in [1.165, 1.54) is 13.2 Å². The first-order chi connectivity index (χ1) is 9.10. The Labute approximate surface area is 112 Å². The molecular weight excluding hydrogens is 244 g/mol. The van der Waals surface area contributed by atoms with Gasteiger partial charge in [-0.3, -0.25) is 4.79 Å². The summed E-state index contributed by atoms with van der Waals surface area (Å²) in [4.78, 5) is 12.1. The molecular formula is C14H20N2O3. The minimum atomic E-state index is -0.168. The lowest BCUT2D eigenvalue weighted by molar-refractivity contribution is 0.0925. The zero-order valence-corrected chi connectivity index (χ0v) is 11.1. The fraction of sp³-hybridized carbons (Fsp3) is 0.500. The minimum Gasteiger partial charge on any atom is -0.504 e. The van der Waals surface area contributed by atoms with Gasteiger partial charge in [-0.2, -0.15) is 0 Å². The van der Waals surface area contributed by atoms with Crippen LogP contribution in [0, 0.1) is 0 Å². The van der Waals surface area contributed by atoms with Gasteiger partial charge in [0.2, 0.25) is 0 Å². The van der Waals surface area contributed by atoms with Crippen molar-refractivity contribution in [1.82, 2.24) is 5.32 Å². The van der Waals surface area contributed by atoms with Crippen molar-refractivity contribution in [1.29, 1.82) is 0 Å². The number of carbonyl (C=O) groups excluding carboxylic acids is 1. The predicted molar refractivity (Wildman–Crippen MR) is 72.4 cm³/mol. The molecule has 0 heterocycles. The third-order valence-electron chi connectivity index (χ3n) is 3.55. The van der Waals surface area contributed by atoms with Crippen LogP contribution in [0.2, 0.25) is 0 Å². The number of nitrogens with one attached hydrogen (secondary N) is 1. The second-order valence-electron chi connectivity index (χ2n) is 4.97. The van der Waals surface area contributed by atoms with Crippen molar-refractivity contribution in [3.05, 3.63) is 23.8 Å². The van der Waals surface area contributed by atoms with Crippen LogP contribution in [0.4, 0.5) is 0 Å². The molecule has 0 atom stereocenters. The standard InChI is InChI=1S/C14H20N2O3/c1-19-13-7-2-9(8-12(13)17)14(18)16-11-5-3-10(15)4-6-11/h2,7-8,10-11,17H,3-6,15H2,1H3,(H,16,18). The molecule has 19 heavy (non-hydrogen) atoms. The van der Waals surface area contributed by atoms with Gasteiger partial charge in [-0.15, -0.1) is 0 Å². The lowest BCUT2D eigenvalue weighted by Gasteiger charge is -2.26. The Morgan fingerprint density at radius 2 is 2.05 bits per heavy atom. The summed E-state index contributed by atoms with van der Waals surface area (Å²) in [5.41, 5.74) is 6.27. The van der Waals surface area contributed by atoms with Crippen molar-refractivity contribution in [2.24, 2.45) is 5.73 Å². The number of phenols is 1. The lowest BCUT2D eigenvalue weighted by atomic mass is 9.91. The largest absolute Gasteiger partial charge is 0.504 e. The zero-order chi connectivity index (χ0) is 13.8. The Kier molecular flexibility index (Phi) is 4.27. The molecule has 0 bridgehead atoms. The molecule has 1 fully saturated rings. The zero-order valence-electron chi connectivity index (χ0n) is 11.1. The smallest absolute Gasteiger partial charge is 0.251 e. The lowest BCUT2D eigenvalue weighted by Crippen LogP contribution is -2.40. The first-order valence-electron chi connectivity index (χ1n) is 6.53. The average Bonchev–Trinajstić information content (AvgIpc) is 2.41. The fourth-order valence-corrected chi connectivity index (χ4v) is 2.36. The number of rotatable bonds is 3. The van der Waals surface area contributed by atoms with Crippen molar-refractivity contribution in [2.75, 3.05) is 7.11 Å². The SMILES string of the molecule is COc1ccc(C(=O)NC2CCC(N)CC2)cc1O. The van der Waals surface area contributed by atoms with Crippen LogP contribution in [-0.4, -0.2) is 30.2 Å². The Balaban J connectivity index is 1.98. The van der Waals surface area contributed by atoms with Gasteiger partial charge < -0.3 is 20.9 Å². The van der Waals surface area contributed by atoms with E-state index in [2.05, 4.69) is 5.32 Å². The summed E-state index contributed by atoms with van der Waals surface area (Å²) >= 11 is 0. The van der Waals surface area contributed by atoms with Gasteiger partial charge in [-0.05, 0) is 43.9 Å². The first-order valence-corrected chi connectivity index (χ1v) is 6.53. The van der Waals surface area contributed by atoms with Crippen molar-refractivity contribution in [2.45, 2.75) is 37.8 Å². The van der Waals surface area contributed by atoms with Crippen molar-refractivity contribution >= 4 is 5.91 Å². The summed E-state index contributed by atoms with van der Waals surface area (Å²) < 4.78 is 4.95. The first kappa shape index (κ1) is 13.7. The van der Waals surface area contributed by atoms with Gasteiger partial charge in [0.15, 0.2) is 11.5 Å². The van der Waals surface area contributed by atoms with E-state index >= 15 is 0 Å². The van der Waals surface area contributed by atoms with E-state index in [9.17, 15) is 9.90 Å². The number of hydrogen-bond donors (Lipinski definition) is 3. The van der Waals surface area contributed by atoms with E-state index in [1.54, 1.807) is 12.1 Å². The Morgan fingerprint density at radius 3 is 2.63 bits per heavy atom. The molecule has 5 nitrogen and oxygen atoms in total. The maximum absolute atomic E-state index is 12.1. The predicted octanol–water partition coefficient (Wildman–Crippen LogP) is 1.40. The van der Waals surface area contributed by atoms with Crippen LogP contribution in [0.5, 0.6) is 11.5 Å². The normalized spacial score (nSPS) is 22.8. The van der Waals surface area contributed by atoms with Crippen LogP contribution >= 0.6 is 0 Å². The molecule has 1 aliphatic rings. The van der Waals surface area contributed by atoms with E-state index in [1.807, 2.05) is 0 Å². The molecule has 0 aromatic heterocycles. The van der Waals surface area contributed by atoms with E-state index in [0.29, 0.717) is 11.3 Å². The highest BCUT2D eigenvalue weighted by atomic mass is 16.5. The molecule has 0 unspecified atom stereocenters. The van der Waals surface area contributed by atoms with Crippen LogP contribution < -0.4 is 15.8 Å². The van der Waals surface area contributed by atoms with Crippen LogP contribution in [0.15, 0.2) is 18.2 Å². The van der Waals surface area contributed by atoms with E-state index < -0.39 is 0 Å². The number of nitrogens with two attached hydrogens (primary N) is 1. The maximum atomic E-state index is 12.1. The van der Waals surface area contributed by atoms with Crippen LogP contribution in [0.3, 0.4) is 0 Å². The summed E-state index contributed by atoms with van der Waals surface area (Å²) in [6.07, 6.45) is 3.71. The quantitative estimate of drug-likeness (QED) is 0.770. The van der Waals surface area contributed by atoms with Crippen LogP contribution in [0.1, 0.15) is 36.0 Å². The van der Waals surface area contributed by atoms with Crippen LogP contribution in [0.25, 0.3) is 0 Å². The highest BCUT2D eigenvalue weighted by Crippen LogP contribution is 2.26. The third kappa shape index (κ3) is 3.38. The van der Waals surface area contributed by atoms with E-state index in [-0.39, 0.29) is 23.7 Å². The van der Waals surface area contributed by atoms with Gasteiger partial charge in [-0.1, -0.05) is 0 Å². The second-order valence-corrected chi connectivity index (χ2v) is 4.97. The molecule has 0 radical (unpaired) electrons. The van der Waals surface area contributed by atoms with Gasteiger partial charge >= 0.3 is 0 Å². The van der Waals surface area contributed by atoms with E-state index in [0.717, 1.165) is 25.7 Å². The highest BCUT2D eigenvalue weighted by Gasteiger charge is 2.20. The number of carbonyl (C=O) groups is 1. The minimum absolute atomic E-state index is 0.0270. The number of amides is 1. The Hall–Kier alpha value is -1.75. The molecule has 0 spiro atoms. The van der Waals surface area contributed by atoms with Gasteiger partial charge in [0.25, 0.3) is 5.91 Å². The monoisotopic (exact) mass is 264 g/mol. The molecule has 4 N–H and O–H groups in total. The van der Waals surface area contributed by atoms with E-state index in [4.69, 9.17) is 10.5 Å². The van der Waals surface area contributed by atoms with Gasteiger partial charge in [-0.25, -0.2) is 0 Å². The molecule has 0 saturated heterocycles. The van der Waals surface area contributed by atoms with Gasteiger partial charge in [0.05, 0.1) is 7.11 Å². The third-order valence-corrected chi connectivity index (χ3v) is 3.55. The molecule has 104 valence electrons. The molecule has 1 aromatic rings. The fourth-order valence-electron chi connectivity index (χ4n) is 2.36. The number of benzene rings is 1. The summed E-state index contributed by atoms with van der Waals surface area (Å²) in [7, 11) is 1.47. The number of ether oxygens (including phenoxy) is 1. The molecule has 0 aliphatic heterocycles. The van der Waals surface area contributed by atoms with Crippen molar-refractivity contribution in [3.8, 4) is 11.5 Å². The molecule has 5 heteroatoms. The van der Waals surface area contributed by atoms with Crippen LogP contribution in [-0.2, 0) is 0 Å². The summed E-state index contributed by atoms with van der Waals surface area (Å²) in [5.74, 6) is 0.166. The Bertz CT molecular complexity index is 454. The average molecular weight is 264 g/mol. The maximum Gasteiger partial charge on any atom is 0.251 e. The molecule has 1 amide bonds. The van der Waals surface area contributed by atoms with Gasteiger partial charge in [0.1, 0.15) is 0 Å². The highest BCUT2D eigenvalue weighted by molar-refractivity contribution is 5.95. The second kappa shape index (κ2) is 5.93. The van der Waals surface area contributed by atoms with Crippen molar-refractivity contribution in [3.63, 3.8) is 0 Å². The molecule has 2 rings (SSSR count). The molecule has 1 saturated carbocycles. The number of methoxy groups -OCH3 is 1. The Morgan fingerprint density at radius 1 is 1.37 bits per heavy atom. The topological polar surface area (TPSA) is 84.6 Å². The summed E-state index contributed by atoms with van der Waals surface area (Å²) in [6.45, 7) is 0. The molecule has 1 aromatic carbocycles. The summed E-state index contributed by atoms with van der Waals surface area (Å²) in [5, 5.41) is 12.6. The van der Waals surface area contributed by atoms with Crippen molar-refractivity contribution < 1.29 is 14.6 Å². The summed E-state index contributed by atoms with van der Waals surface area (Å²) in [6, 6.07) is 5.08. The number of hydrogen-bond acceptors (Lipinski definition) is 4. The number of phenolic OH excluding ortho intramolecular Hbond substituents is 1. The van der Waals surface area contributed by atoms with Gasteiger partial charge in [0, 0.05) is 17.6 Å². The molecule has 1 aliphatic carbocycles. The number of aromatic hydroxyl groups is 1.